The Labute approximate surface area is 120 Å². The molecule has 0 aliphatic rings. The van der Waals surface area contributed by atoms with Crippen LogP contribution in [-0.2, 0) is 11.3 Å². The fraction of sp³-hybridized carbons (Fsp3) is 0.235. The molecular weight excluding hydrogens is 248 g/mol. The third kappa shape index (κ3) is 3.68. The van der Waals surface area contributed by atoms with Crippen LogP contribution in [0.15, 0.2) is 54.6 Å². The van der Waals surface area contributed by atoms with Crippen LogP contribution >= 0.6 is 0 Å². The fourth-order valence-electron chi connectivity index (χ4n) is 2.07. The van der Waals surface area contributed by atoms with E-state index < -0.39 is 0 Å². The second-order valence-electron chi connectivity index (χ2n) is 4.84. The summed E-state index contributed by atoms with van der Waals surface area (Å²) in [4.78, 5) is 14.1. The van der Waals surface area contributed by atoms with Crippen molar-refractivity contribution in [2.45, 2.75) is 19.9 Å². The summed E-state index contributed by atoms with van der Waals surface area (Å²) in [6.07, 6.45) is 0.362. The molecule has 0 heterocycles. The van der Waals surface area contributed by atoms with Gasteiger partial charge in [-0.3, -0.25) is 4.79 Å². The zero-order chi connectivity index (χ0) is 14.4. The van der Waals surface area contributed by atoms with E-state index in [0.29, 0.717) is 19.5 Å². The number of para-hydroxylation sites is 1. The number of carbonyl (C=O) groups is 1. The molecule has 0 fully saturated rings. The van der Waals surface area contributed by atoms with Crippen LogP contribution in [0.25, 0.3) is 0 Å². The lowest BCUT2D eigenvalue weighted by Crippen LogP contribution is -2.31. The quantitative estimate of drug-likeness (QED) is 0.906. The Kier molecular flexibility index (Phi) is 4.91. The Balaban J connectivity index is 2.23. The first-order valence-electron chi connectivity index (χ1n) is 6.81. The summed E-state index contributed by atoms with van der Waals surface area (Å²) in [5, 5.41) is 0. The zero-order valence-electron chi connectivity index (χ0n) is 11.8. The molecule has 0 aromatic heterocycles. The molecule has 20 heavy (non-hydrogen) atoms. The van der Waals surface area contributed by atoms with Crippen molar-refractivity contribution in [1.82, 2.24) is 0 Å². The van der Waals surface area contributed by atoms with Crippen molar-refractivity contribution in [3.8, 4) is 0 Å². The molecule has 0 atom stereocenters. The van der Waals surface area contributed by atoms with E-state index in [1.54, 1.807) is 4.90 Å². The second kappa shape index (κ2) is 6.87. The predicted molar refractivity (Wildman–Crippen MR) is 82.5 cm³/mol. The minimum atomic E-state index is 0.0549. The van der Waals surface area contributed by atoms with E-state index in [4.69, 9.17) is 5.73 Å². The molecule has 2 rings (SSSR count). The Hall–Kier alpha value is -2.13. The summed E-state index contributed by atoms with van der Waals surface area (Å²) in [6, 6.07) is 18.0. The minimum absolute atomic E-state index is 0.0549. The molecule has 3 heteroatoms. The molecule has 1 amide bonds. The maximum Gasteiger partial charge on any atom is 0.228 e. The number of nitrogens with two attached hydrogens (primary N) is 1. The standard InChI is InChI=1S/C17H20N2O/c1-14-7-9-15(10-8-14)13-19(17(20)11-12-18)16-5-3-2-4-6-16/h2-10H,11-13,18H2,1H3. The molecular formula is C17H20N2O. The van der Waals surface area contributed by atoms with E-state index in [1.165, 1.54) is 5.56 Å². The van der Waals surface area contributed by atoms with E-state index in [1.807, 2.05) is 30.3 Å². The van der Waals surface area contributed by atoms with Crippen LogP contribution in [0.5, 0.6) is 0 Å². The average Bonchev–Trinajstić information content (AvgIpc) is 2.48. The topological polar surface area (TPSA) is 46.3 Å². The van der Waals surface area contributed by atoms with Crippen LogP contribution in [0.4, 0.5) is 5.69 Å². The molecule has 104 valence electrons. The number of amides is 1. The second-order valence-corrected chi connectivity index (χ2v) is 4.84. The van der Waals surface area contributed by atoms with Crippen LogP contribution in [0.3, 0.4) is 0 Å². The van der Waals surface area contributed by atoms with Crippen molar-refractivity contribution in [2.24, 2.45) is 5.73 Å². The number of hydrogen-bond donors (Lipinski definition) is 1. The number of rotatable bonds is 5. The number of carbonyl (C=O) groups excluding carboxylic acids is 1. The van der Waals surface area contributed by atoms with Crippen molar-refractivity contribution < 1.29 is 4.79 Å². The van der Waals surface area contributed by atoms with Gasteiger partial charge < -0.3 is 10.6 Å². The fourth-order valence-corrected chi connectivity index (χ4v) is 2.07. The molecule has 2 aromatic carbocycles. The molecule has 0 saturated heterocycles. The molecule has 0 aliphatic heterocycles. The Morgan fingerprint density at radius 2 is 1.70 bits per heavy atom. The lowest BCUT2D eigenvalue weighted by molar-refractivity contribution is -0.118. The maximum absolute atomic E-state index is 12.3. The molecule has 3 nitrogen and oxygen atoms in total. The molecule has 2 N–H and O–H groups in total. The maximum atomic E-state index is 12.3. The first kappa shape index (κ1) is 14.3. The van der Waals surface area contributed by atoms with Gasteiger partial charge in [-0.15, -0.1) is 0 Å². The predicted octanol–water partition coefficient (Wildman–Crippen LogP) is 2.88. The van der Waals surface area contributed by atoms with Crippen LogP contribution in [0.1, 0.15) is 17.5 Å². The Morgan fingerprint density at radius 3 is 2.30 bits per heavy atom. The third-order valence-corrected chi connectivity index (χ3v) is 3.19. The zero-order valence-corrected chi connectivity index (χ0v) is 11.8. The van der Waals surface area contributed by atoms with Gasteiger partial charge in [0.15, 0.2) is 0 Å². The van der Waals surface area contributed by atoms with Crippen molar-refractivity contribution >= 4 is 11.6 Å². The lowest BCUT2D eigenvalue weighted by Gasteiger charge is -2.23. The minimum Gasteiger partial charge on any atom is -0.330 e. The van der Waals surface area contributed by atoms with Gasteiger partial charge in [-0.2, -0.15) is 0 Å². The average molecular weight is 268 g/mol. The normalized spacial score (nSPS) is 10.3. The van der Waals surface area contributed by atoms with Crippen LogP contribution in [-0.4, -0.2) is 12.5 Å². The molecule has 2 aromatic rings. The van der Waals surface area contributed by atoms with Gasteiger partial charge in [0.1, 0.15) is 0 Å². The molecule has 0 saturated carbocycles. The molecule has 0 unspecified atom stereocenters. The van der Waals surface area contributed by atoms with Crippen LogP contribution in [0.2, 0.25) is 0 Å². The summed E-state index contributed by atoms with van der Waals surface area (Å²) in [6.45, 7) is 3.00. The van der Waals surface area contributed by atoms with Crippen molar-refractivity contribution in [3.63, 3.8) is 0 Å². The third-order valence-electron chi connectivity index (χ3n) is 3.19. The number of hydrogen-bond acceptors (Lipinski definition) is 2. The van der Waals surface area contributed by atoms with Crippen molar-refractivity contribution in [3.05, 3.63) is 65.7 Å². The molecule has 0 spiro atoms. The first-order chi connectivity index (χ1) is 9.70. The van der Waals surface area contributed by atoms with Gasteiger partial charge in [0.05, 0.1) is 6.54 Å². The van der Waals surface area contributed by atoms with E-state index in [2.05, 4.69) is 31.2 Å². The number of anilines is 1. The molecule has 0 radical (unpaired) electrons. The number of benzene rings is 2. The van der Waals surface area contributed by atoms with Gasteiger partial charge >= 0.3 is 0 Å². The van der Waals surface area contributed by atoms with Gasteiger partial charge in [-0.1, -0.05) is 48.0 Å². The summed E-state index contributed by atoms with van der Waals surface area (Å²) >= 11 is 0. The lowest BCUT2D eigenvalue weighted by atomic mass is 10.1. The number of aryl methyl sites for hydroxylation is 1. The highest BCUT2D eigenvalue weighted by atomic mass is 16.2. The SMILES string of the molecule is Cc1ccc(CN(C(=O)CCN)c2ccccc2)cc1. The highest BCUT2D eigenvalue weighted by Gasteiger charge is 2.15. The monoisotopic (exact) mass is 268 g/mol. The van der Waals surface area contributed by atoms with E-state index in [0.717, 1.165) is 11.3 Å². The van der Waals surface area contributed by atoms with E-state index in [-0.39, 0.29) is 5.91 Å². The van der Waals surface area contributed by atoms with Crippen molar-refractivity contribution in [2.75, 3.05) is 11.4 Å². The van der Waals surface area contributed by atoms with Crippen molar-refractivity contribution in [1.29, 1.82) is 0 Å². The molecule has 0 bridgehead atoms. The van der Waals surface area contributed by atoms with E-state index >= 15 is 0 Å². The molecule has 0 aliphatic carbocycles. The highest BCUT2D eigenvalue weighted by molar-refractivity contribution is 5.93. The summed E-state index contributed by atoms with van der Waals surface area (Å²) in [7, 11) is 0. The van der Waals surface area contributed by atoms with Gasteiger partial charge in [0.2, 0.25) is 5.91 Å². The number of nitrogens with zero attached hydrogens (tertiary/aromatic N) is 1. The summed E-state index contributed by atoms with van der Waals surface area (Å²) in [5.41, 5.74) is 8.75. The highest BCUT2D eigenvalue weighted by Crippen LogP contribution is 2.18. The summed E-state index contributed by atoms with van der Waals surface area (Å²) < 4.78 is 0. The largest absolute Gasteiger partial charge is 0.330 e. The Morgan fingerprint density at radius 1 is 1.05 bits per heavy atom. The van der Waals surface area contributed by atoms with Gasteiger partial charge in [-0.05, 0) is 24.6 Å². The van der Waals surface area contributed by atoms with Crippen LogP contribution in [0, 0.1) is 6.92 Å². The summed E-state index contributed by atoms with van der Waals surface area (Å²) in [5.74, 6) is 0.0549. The van der Waals surface area contributed by atoms with Gasteiger partial charge in [-0.25, -0.2) is 0 Å². The van der Waals surface area contributed by atoms with E-state index in [9.17, 15) is 4.79 Å². The smallest absolute Gasteiger partial charge is 0.228 e. The Bertz CT molecular complexity index is 549. The van der Waals surface area contributed by atoms with Crippen LogP contribution < -0.4 is 10.6 Å². The van der Waals surface area contributed by atoms with Gasteiger partial charge in [0.25, 0.3) is 0 Å². The van der Waals surface area contributed by atoms with Gasteiger partial charge in [0, 0.05) is 18.7 Å². The first-order valence-corrected chi connectivity index (χ1v) is 6.81.